The summed E-state index contributed by atoms with van der Waals surface area (Å²) in [6.07, 6.45) is 5.15. The first-order chi connectivity index (χ1) is 9.85. The van der Waals surface area contributed by atoms with Gasteiger partial charge >= 0.3 is 0 Å². The molecule has 2 rings (SSSR count). The quantitative estimate of drug-likeness (QED) is 0.836. The summed E-state index contributed by atoms with van der Waals surface area (Å²) in [7, 11) is 0. The molecule has 20 heavy (non-hydrogen) atoms. The van der Waals surface area contributed by atoms with Gasteiger partial charge in [0.1, 0.15) is 5.82 Å². The van der Waals surface area contributed by atoms with Crippen molar-refractivity contribution in [1.29, 1.82) is 0 Å². The summed E-state index contributed by atoms with van der Waals surface area (Å²) >= 11 is 0. The van der Waals surface area contributed by atoms with Crippen LogP contribution in [0, 0.1) is 0 Å². The summed E-state index contributed by atoms with van der Waals surface area (Å²) in [5.41, 5.74) is 7.97. The van der Waals surface area contributed by atoms with Crippen molar-refractivity contribution in [3.05, 3.63) is 54.2 Å². The third-order valence-corrected chi connectivity index (χ3v) is 3.32. The molecule has 1 aromatic carbocycles. The Morgan fingerprint density at radius 2 is 1.90 bits per heavy atom. The molecule has 0 saturated heterocycles. The average Bonchev–Trinajstić information content (AvgIpc) is 2.51. The smallest absolute Gasteiger partial charge is 0.132 e. The fourth-order valence-electron chi connectivity index (χ4n) is 2.19. The standard InChI is InChI=1S/C17H23N3/c1-2-3-13-20(16-7-5-4-6-8-16)17-10-9-15(11-12-18)14-19-17/h4-10,14H,2-3,11-13,18H2,1H3. The number of aromatic nitrogens is 1. The highest BCUT2D eigenvalue weighted by Gasteiger charge is 2.09. The fraction of sp³-hybridized carbons (Fsp3) is 0.353. The lowest BCUT2D eigenvalue weighted by atomic mass is 10.2. The summed E-state index contributed by atoms with van der Waals surface area (Å²) in [4.78, 5) is 6.87. The van der Waals surface area contributed by atoms with Crippen molar-refractivity contribution < 1.29 is 0 Å². The van der Waals surface area contributed by atoms with Crippen LogP contribution in [0.1, 0.15) is 25.3 Å². The van der Waals surface area contributed by atoms with E-state index in [-0.39, 0.29) is 0 Å². The summed E-state index contributed by atoms with van der Waals surface area (Å²) < 4.78 is 0. The van der Waals surface area contributed by atoms with Crippen molar-refractivity contribution in [3.8, 4) is 0 Å². The molecule has 0 aliphatic carbocycles. The van der Waals surface area contributed by atoms with Gasteiger partial charge in [0.25, 0.3) is 0 Å². The minimum atomic E-state index is 0.666. The Labute approximate surface area is 121 Å². The summed E-state index contributed by atoms with van der Waals surface area (Å²) in [6.45, 7) is 3.87. The van der Waals surface area contributed by atoms with E-state index in [1.54, 1.807) is 0 Å². The number of hydrogen-bond donors (Lipinski definition) is 1. The Hall–Kier alpha value is -1.87. The first kappa shape index (κ1) is 14.5. The first-order valence-corrected chi connectivity index (χ1v) is 7.32. The summed E-state index contributed by atoms with van der Waals surface area (Å²) in [5.74, 6) is 1.01. The highest BCUT2D eigenvalue weighted by atomic mass is 15.2. The van der Waals surface area contributed by atoms with E-state index in [9.17, 15) is 0 Å². The van der Waals surface area contributed by atoms with Crippen molar-refractivity contribution in [2.45, 2.75) is 26.2 Å². The number of pyridine rings is 1. The molecule has 3 heteroatoms. The zero-order valence-electron chi connectivity index (χ0n) is 12.1. The molecule has 0 aliphatic heterocycles. The number of rotatable bonds is 7. The van der Waals surface area contributed by atoms with E-state index >= 15 is 0 Å². The van der Waals surface area contributed by atoms with Crippen molar-refractivity contribution in [3.63, 3.8) is 0 Å². The van der Waals surface area contributed by atoms with Gasteiger partial charge in [0.2, 0.25) is 0 Å². The van der Waals surface area contributed by atoms with Gasteiger partial charge in [-0.15, -0.1) is 0 Å². The predicted molar refractivity (Wildman–Crippen MR) is 85.4 cm³/mol. The van der Waals surface area contributed by atoms with Crippen LogP contribution in [0.2, 0.25) is 0 Å². The van der Waals surface area contributed by atoms with E-state index < -0.39 is 0 Å². The number of nitrogens with zero attached hydrogens (tertiary/aromatic N) is 2. The molecular formula is C17H23N3. The molecular weight excluding hydrogens is 246 g/mol. The number of unbranched alkanes of at least 4 members (excludes halogenated alkanes) is 1. The molecule has 1 aromatic heterocycles. The van der Waals surface area contributed by atoms with Gasteiger partial charge in [-0.05, 0) is 43.1 Å². The molecule has 0 unspecified atom stereocenters. The first-order valence-electron chi connectivity index (χ1n) is 7.32. The van der Waals surface area contributed by atoms with E-state index in [0.29, 0.717) is 6.54 Å². The van der Waals surface area contributed by atoms with Crippen LogP contribution in [0.5, 0.6) is 0 Å². The normalized spacial score (nSPS) is 10.5. The second kappa shape index (κ2) is 7.65. The molecule has 0 spiro atoms. The summed E-state index contributed by atoms with van der Waals surface area (Å²) in [6, 6.07) is 14.6. The van der Waals surface area contributed by atoms with Gasteiger partial charge in [-0.1, -0.05) is 37.6 Å². The lowest BCUT2D eigenvalue weighted by Crippen LogP contribution is -2.19. The minimum absolute atomic E-state index is 0.666. The average molecular weight is 269 g/mol. The van der Waals surface area contributed by atoms with Crippen LogP contribution in [-0.4, -0.2) is 18.1 Å². The maximum Gasteiger partial charge on any atom is 0.132 e. The van der Waals surface area contributed by atoms with Crippen molar-refractivity contribution >= 4 is 11.5 Å². The van der Waals surface area contributed by atoms with E-state index in [0.717, 1.165) is 25.2 Å². The second-order valence-corrected chi connectivity index (χ2v) is 4.90. The van der Waals surface area contributed by atoms with Gasteiger partial charge in [0.05, 0.1) is 0 Å². The van der Waals surface area contributed by atoms with E-state index in [4.69, 9.17) is 5.73 Å². The SMILES string of the molecule is CCCCN(c1ccccc1)c1ccc(CCN)cn1. The maximum atomic E-state index is 5.58. The van der Waals surface area contributed by atoms with E-state index in [1.807, 2.05) is 12.3 Å². The molecule has 1 heterocycles. The van der Waals surface area contributed by atoms with Crippen LogP contribution in [0.3, 0.4) is 0 Å². The molecule has 106 valence electrons. The molecule has 0 radical (unpaired) electrons. The van der Waals surface area contributed by atoms with Crippen molar-refractivity contribution in [2.24, 2.45) is 5.73 Å². The molecule has 2 N–H and O–H groups in total. The molecule has 0 aliphatic rings. The van der Waals surface area contributed by atoms with Gasteiger partial charge in [-0.2, -0.15) is 0 Å². The Kier molecular flexibility index (Phi) is 5.56. The minimum Gasteiger partial charge on any atom is -0.330 e. The van der Waals surface area contributed by atoms with Crippen molar-refractivity contribution in [1.82, 2.24) is 4.98 Å². The van der Waals surface area contributed by atoms with Crippen LogP contribution in [0.15, 0.2) is 48.7 Å². The highest BCUT2D eigenvalue weighted by Crippen LogP contribution is 2.23. The fourth-order valence-corrected chi connectivity index (χ4v) is 2.19. The molecule has 0 bridgehead atoms. The third-order valence-electron chi connectivity index (χ3n) is 3.32. The lowest BCUT2D eigenvalue weighted by Gasteiger charge is -2.24. The van der Waals surface area contributed by atoms with Crippen LogP contribution in [-0.2, 0) is 6.42 Å². The van der Waals surface area contributed by atoms with Gasteiger partial charge in [0, 0.05) is 18.4 Å². The molecule has 0 atom stereocenters. The van der Waals surface area contributed by atoms with Crippen molar-refractivity contribution in [2.75, 3.05) is 18.0 Å². The lowest BCUT2D eigenvalue weighted by molar-refractivity contribution is 0.779. The zero-order valence-corrected chi connectivity index (χ0v) is 12.1. The van der Waals surface area contributed by atoms with Crippen LogP contribution >= 0.6 is 0 Å². The number of para-hydroxylation sites is 1. The number of benzene rings is 1. The molecule has 0 saturated carbocycles. The van der Waals surface area contributed by atoms with Crippen LogP contribution < -0.4 is 10.6 Å². The monoisotopic (exact) mass is 269 g/mol. The Morgan fingerprint density at radius 1 is 1.10 bits per heavy atom. The van der Waals surface area contributed by atoms with E-state index in [1.165, 1.54) is 17.7 Å². The van der Waals surface area contributed by atoms with Gasteiger partial charge in [0.15, 0.2) is 0 Å². The number of anilines is 2. The molecule has 0 fully saturated rings. The Balaban J connectivity index is 2.22. The molecule has 3 nitrogen and oxygen atoms in total. The Bertz CT molecular complexity index is 493. The largest absolute Gasteiger partial charge is 0.330 e. The van der Waals surface area contributed by atoms with Crippen LogP contribution in [0.25, 0.3) is 0 Å². The molecule has 0 amide bonds. The number of nitrogens with two attached hydrogens (primary N) is 1. The summed E-state index contributed by atoms with van der Waals surface area (Å²) in [5, 5.41) is 0. The van der Waals surface area contributed by atoms with Gasteiger partial charge < -0.3 is 10.6 Å². The van der Waals surface area contributed by atoms with E-state index in [2.05, 4.69) is 53.2 Å². The predicted octanol–water partition coefficient (Wildman–Crippen LogP) is 3.52. The molecule has 2 aromatic rings. The maximum absolute atomic E-state index is 5.58. The Morgan fingerprint density at radius 3 is 2.50 bits per heavy atom. The topological polar surface area (TPSA) is 42.1 Å². The van der Waals surface area contributed by atoms with Gasteiger partial charge in [-0.3, -0.25) is 0 Å². The second-order valence-electron chi connectivity index (χ2n) is 4.90. The highest BCUT2D eigenvalue weighted by molar-refractivity contribution is 5.59. The third kappa shape index (κ3) is 3.81. The zero-order chi connectivity index (χ0) is 14.2. The van der Waals surface area contributed by atoms with Crippen LogP contribution in [0.4, 0.5) is 11.5 Å². The van der Waals surface area contributed by atoms with Gasteiger partial charge in [-0.25, -0.2) is 4.98 Å². The number of hydrogen-bond acceptors (Lipinski definition) is 3.